The highest BCUT2D eigenvalue weighted by molar-refractivity contribution is 7.92. The van der Waals surface area contributed by atoms with Gasteiger partial charge in [0.05, 0.1) is 5.75 Å². The second-order valence-electron chi connectivity index (χ2n) is 4.63. The summed E-state index contributed by atoms with van der Waals surface area (Å²) in [6.45, 7) is 4.18. The quantitative estimate of drug-likeness (QED) is 0.856. The molecular weight excluding hydrogens is 252 g/mol. The summed E-state index contributed by atoms with van der Waals surface area (Å²) in [5.74, 6) is -1.78. The van der Waals surface area contributed by atoms with Crippen LogP contribution in [0.4, 0.5) is 0 Å². The van der Waals surface area contributed by atoms with Crippen molar-refractivity contribution < 1.29 is 18.3 Å². The molecule has 0 aliphatic heterocycles. The first-order chi connectivity index (χ1) is 8.30. The molecule has 0 atom stereocenters. The van der Waals surface area contributed by atoms with Crippen LogP contribution in [-0.4, -0.2) is 31.0 Å². The molecule has 0 aromatic heterocycles. The molecule has 0 aliphatic rings. The Morgan fingerprint density at radius 1 is 1.22 bits per heavy atom. The van der Waals surface area contributed by atoms with Crippen LogP contribution in [0.1, 0.15) is 30.9 Å². The smallest absolute Gasteiger partial charge is 0.318 e. The van der Waals surface area contributed by atoms with E-state index >= 15 is 0 Å². The predicted octanol–water partition coefficient (Wildman–Crippen LogP) is 1.85. The van der Waals surface area contributed by atoms with Gasteiger partial charge in [-0.2, -0.15) is 0 Å². The topological polar surface area (TPSA) is 71.4 Å². The maximum Gasteiger partial charge on any atom is 0.318 e. The van der Waals surface area contributed by atoms with E-state index in [0.717, 1.165) is 5.56 Å². The molecule has 5 heteroatoms. The van der Waals surface area contributed by atoms with Crippen molar-refractivity contribution in [3.63, 3.8) is 0 Å². The third kappa shape index (κ3) is 4.87. The van der Waals surface area contributed by atoms with Crippen molar-refractivity contribution in [1.82, 2.24) is 0 Å². The van der Waals surface area contributed by atoms with Crippen LogP contribution in [0.25, 0.3) is 0 Å². The summed E-state index contributed by atoms with van der Waals surface area (Å²) in [6.07, 6.45) is 0.355. The van der Waals surface area contributed by atoms with Crippen LogP contribution < -0.4 is 0 Å². The largest absolute Gasteiger partial charge is 0.480 e. The lowest BCUT2D eigenvalue weighted by Gasteiger charge is -2.07. The minimum atomic E-state index is -3.51. The number of carboxylic acids is 1. The fraction of sp³-hybridized carbons (Fsp3) is 0.462. The number of aryl methyl sites for hydroxylation is 1. The number of sulfone groups is 1. The van der Waals surface area contributed by atoms with Gasteiger partial charge in [-0.05, 0) is 23.5 Å². The van der Waals surface area contributed by atoms with Gasteiger partial charge in [0.1, 0.15) is 5.75 Å². The zero-order chi connectivity index (χ0) is 13.8. The molecule has 0 fully saturated rings. The molecule has 100 valence electrons. The molecule has 0 unspecified atom stereocenters. The third-order valence-electron chi connectivity index (χ3n) is 2.69. The molecule has 0 bridgehead atoms. The van der Waals surface area contributed by atoms with Gasteiger partial charge in [-0.25, -0.2) is 8.42 Å². The Hall–Kier alpha value is -1.36. The van der Waals surface area contributed by atoms with Gasteiger partial charge in [-0.15, -0.1) is 0 Å². The summed E-state index contributed by atoms with van der Waals surface area (Å²) in [5.41, 5.74) is 2.11. The monoisotopic (exact) mass is 270 g/mol. The van der Waals surface area contributed by atoms with Crippen molar-refractivity contribution in [2.45, 2.75) is 26.2 Å². The Labute approximate surface area is 108 Å². The van der Waals surface area contributed by atoms with Crippen LogP contribution in [0.15, 0.2) is 24.3 Å². The summed E-state index contributed by atoms with van der Waals surface area (Å²) in [7, 11) is -3.51. The maximum absolute atomic E-state index is 11.4. The number of hydrogen-bond donors (Lipinski definition) is 1. The standard InChI is InChI=1S/C13H18O4S/c1-10(2)12-5-3-11(4-6-12)7-8-18(16,17)9-13(14)15/h3-6,10H,7-9H2,1-2H3,(H,14,15). The lowest BCUT2D eigenvalue weighted by Crippen LogP contribution is -2.19. The minimum absolute atomic E-state index is 0.125. The van der Waals surface area contributed by atoms with Crippen LogP contribution >= 0.6 is 0 Å². The third-order valence-corrected chi connectivity index (χ3v) is 4.20. The number of carboxylic acid groups (broad SMARTS) is 1. The zero-order valence-electron chi connectivity index (χ0n) is 10.6. The Bertz CT molecular complexity index is 500. The maximum atomic E-state index is 11.4. The molecule has 1 N–H and O–H groups in total. The molecular formula is C13H18O4S. The summed E-state index contributed by atoms with van der Waals surface area (Å²) in [4.78, 5) is 10.4. The van der Waals surface area contributed by atoms with E-state index in [4.69, 9.17) is 5.11 Å². The van der Waals surface area contributed by atoms with Crippen LogP contribution in [0.5, 0.6) is 0 Å². The molecule has 0 radical (unpaired) electrons. The normalized spacial score (nSPS) is 11.7. The molecule has 1 rings (SSSR count). The average Bonchev–Trinajstić information content (AvgIpc) is 2.25. The SMILES string of the molecule is CC(C)c1ccc(CCS(=O)(=O)CC(=O)O)cc1. The van der Waals surface area contributed by atoms with Crippen molar-refractivity contribution in [2.24, 2.45) is 0 Å². The van der Waals surface area contributed by atoms with Crippen LogP contribution in [0, 0.1) is 0 Å². The molecule has 0 heterocycles. The average molecular weight is 270 g/mol. The highest BCUT2D eigenvalue weighted by Crippen LogP contribution is 2.15. The molecule has 0 spiro atoms. The lowest BCUT2D eigenvalue weighted by atomic mass is 10.0. The highest BCUT2D eigenvalue weighted by Gasteiger charge is 2.15. The second kappa shape index (κ2) is 6.00. The Morgan fingerprint density at radius 3 is 2.22 bits per heavy atom. The van der Waals surface area contributed by atoms with Crippen molar-refractivity contribution in [3.8, 4) is 0 Å². The van der Waals surface area contributed by atoms with Gasteiger partial charge in [0.2, 0.25) is 0 Å². The van der Waals surface area contributed by atoms with Gasteiger partial charge < -0.3 is 5.11 Å². The zero-order valence-corrected chi connectivity index (χ0v) is 11.4. The highest BCUT2D eigenvalue weighted by atomic mass is 32.2. The summed E-state index contributed by atoms with van der Waals surface area (Å²) >= 11 is 0. The number of aliphatic carboxylic acids is 1. The molecule has 0 saturated heterocycles. The number of hydrogen-bond acceptors (Lipinski definition) is 3. The molecule has 0 saturated carbocycles. The first-order valence-electron chi connectivity index (χ1n) is 5.81. The van der Waals surface area contributed by atoms with Gasteiger partial charge in [0, 0.05) is 0 Å². The summed E-state index contributed by atoms with van der Waals surface area (Å²) < 4.78 is 22.8. The van der Waals surface area contributed by atoms with Gasteiger partial charge in [-0.1, -0.05) is 38.1 Å². The lowest BCUT2D eigenvalue weighted by molar-refractivity contribution is -0.134. The number of benzene rings is 1. The number of rotatable bonds is 6. The molecule has 0 amide bonds. The van der Waals surface area contributed by atoms with Crippen LogP contribution in [0.3, 0.4) is 0 Å². The van der Waals surface area contributed by atoms with E-state index in [-0.39, 0.29) is 5.75 Å². The molecule has 1 aromatic rings. The van der Waals surface area contributed by atoms with E-state index in [1.54, 1.807) is 0 Å². The predicted molar refractivity (Wildman–Crippen MR) is 70.5 cm³/mol. The van der Waals surface area contributed by atoms with Crippen LogP contribution in [0.2, 0.25) is 0 Å². The van der Waals surface area contributed by atoms with Crippen molar-refractivity contribution in [3.05, 3.63) is 35.4 Å². The van der Waals surface area contributed by atoms with E-state index in [1.807, 2.05) is 24.3 Å². The first-order valence-corrected chi connectivity index (χ1v) is 7.63. The summed E-state index contributed by atoms with van der Waals surface area (Å²) in [5, 5.41) is 8.46. The van der Waals surface area contributed by atoms with Gasteiger partial charge in [0.15, 0.2) is 9.84 Å². The Morgan fingerprint density at radius 2 is 1.78 bits per heavy atom. The fourth-order valence-electron chi connectivity index (χ4n) is 1.60. The van der Waals surface area contributed by atoms with E-state index in [0.29, 0.717) is 12.3 Å². The first kappa shape index (κ1) is 14.7. The van der Waals surface area contributed by atoms with Crippen LogP contribution in [-0.2, 0) is 21.1 Å². The molecule has 0 aliphatic carbocycles. The van der Waals surface area contributed by atoms with Crippen molar-refractivity contribution >= 4 is 15.8 Å². The summed E-state index contributed by atoms with van der Waals surface area (Å²) in [6, 6.07) is 7.74. The van der Waals surface area contributed by atoms with Crippen molar-refractivity contribution in [2.75, 3.05) is 11.5 Å². The Kier molecular flexibility index (Phi) is 4.90. The van der Waals surface area contributed by atoms with Gasteiger partial charge in [0.25, 0.3) is 0 Å². The Balaban J connectivity index is 2.61. The second-order valence-corrected chi connectivity index (χ2v) is 6.82. The van der Waals surface area contributed by atoms with E-state index in [2.05, 4.69) is 13.8 Å². The van der Waals surface area contributed by atoms with E-state index in [1.165, 1.54) is 5.56 Å². The molecule has 18 heavy (non-hydrogen) atoms. The molecule has 1 aromatic carbocycles. The van der Waals surface area contributed by atoms with Gasteiger partial charge >= 0.3 is 5.97 Å². The van der Waals surface area contributed by atoms with Gasteiger partial charge in [-0.3, -0.25) is 4.79 Å². The molecule has 4 nitrogen and oxygen atoms in total. The minimum Gasteiger partial charge on any atom is -0.480 e. The number of carbonyl (C=O) groups is 1. The van der Waals surface area contributed by atoms with Crippen molar-refractivity contribution in [1.29, 1.82) is 0 Å². The van der Waals surface area contributed by atoms with E-state index < -0.39 is 21.6 Å². The van der Waals surface area contributed by atoms with E-state index in [9.17, 15) is 13.2 Å². The fourth-order valence-corrected chi connectivity index (χ4v) is 2.67.